The van der Waals surface area contributed by atoms with Crippen LogP contribution in [-0.2, 0) is 0 Å². The normalized spacial score (nSPS) is 19.0. The van der Waals surface area contributed by atoms with Crippen molar-refractivity contribution in [2.24, 2.45) is 0 Å². The van der Waals surface area contributed by atoms with Gasteiger partial charge in [-0.3, -0.25) is 0 Å². The van der Waals surface area contributed by atoms with Gasteiger partial charge in [0.05, 0.1) is 13.6 Å². The minimum Gasteiger partial charge on any atom is -0.316 e. The summed E-state index contributed by atoms with van der Waals surface area (Å²) < 4.78 is 76.4. The number of alkyl halides is 4. The van der Waals surface area contributed by atoms with Gasteiger partial charge in [-0.15, -0.1) is 12.4 Å². The number of rotatable bonds is 1. The lowest BCUT2D eigenvalue weighted by molar-refractivity contribution is -0.0385. The van der Waals surface area contributed by atoms with Gasteiger partial charge in [-0.1, -0.05) is 23.2 Å². The first kappa shape index (κ1) is 31.5. The highest BCUT2D eigenvalue weighted by molar-refractivity contribution is 14.1. The summed E-state index contributed by atoms with van der Waals surface area (Å²) in [5.41, 5.74) is 0.364. The van der Waals surface area contributed by atoms with E-state index in [1.54, 1.807) is 0 Å². The van der Waals surface area contributed by atoms with E-state index in [4.69, 9.17) is 23.2 Å². The predicted octanol–water partition coefficient (Wildman–Crippen LogP) is 8.07. The van der Waals surface area contributed by atoms with Gasteiger partial charge in [-0.05, 0) is 53.5 Å². The highest BCUT2D eigenvalue weighted by Crippen LogP contribution is 2.41. The van der Waals surface area contributed by atoms with Crippen LogP contribution in [0.5, 0.6) is 0 Å². The van der Waals surface area contributed by atoms with Crippen LogP contribution in [0.3, 0.4) is 0 Å². The molecule has 1 N–H and O–H groups in total. The van der Waals surface area contributed by atoms with Crippen LogP contribution in [0.1, 0.15) is 50.0 Å². The molecule has 34 heavy (non-hydrogen) atoms. The van der Waals surface area contributed by atoms with Gasteiger partial charge in [0, 0.05) is 56.7 Å². The fourth-order valence-electron chi connectivity index (χ4n) is 3.27. The second kappa shape index (κ2) is 14.2. The van der Waals surface area contributed by atoms with Crippen molar-refractivity contribution in [1.82, 2.24) is 15.3 Å². The van der Waals surface area contributed by atoms with Crippen LogP contribution in [-0.4, -0.2) is 34.9 Å². The number of nitrogens with one attached hydrogen (secondary N) is 1. The van der Waals surface area contributed by atoms with Gasteiger partial charge in [0.1, 0.15) is 0 Å². The quantitative estimate of drug-likeness (QED) is 0.190. The van der Waals surface area contributed by atoms with E-state index in [0.29, 0.717) is 32.3 Å². The molecule has 0 radical (unpaired) electrons. The topological polar surface area (TPSA) is 37.8 Å². The maximum atomic E-state index is 13.4. The Morgan fingerprint density at radius 2 is 1.29 bits per heavy atom. The maximum Gasteiger partial charge on any atom is 0.250 e. The summed E-state index contributed by atoms with van der Waals surface area (Å²) in [4.78, 5) is 6.88. The van der Waals surface area contributed by atoms with Gasteiger partial charge in [-0.2, -0.15) is 8.78 Å². The molecular formula is C21H23Cl3F6IN3. The van der Waals surface area contributed by atoms with Gasteiger partial charge in [0.25, 0.3) is 5.92 Å². The van der Waals surface area contributed by atoms with Crippen LogP contribution >= 0.6 is 58.2 Å². The fourth-order valence-corrected chi connectivity index (χ4v) is 4.25. The zero-order valence-electron chi connectivity index (χ0n) is 17.7. The zero-order chi connectivity index (χ0) is 24.6. The minimum absolute atomic E-state index is 0. The average Bonchev–Trinajstić information content (AvgIpc) is 2.74. The number of halogens is 10. The van der Waals surface area contributed by atoms with E-state index in [2.05, 4.69) is 15.3 Å². The second-order valence-corrected chi connectivity index (χ2v) is 9.73. The first-order chi connectivity index (χ1) is 15.4. The molecule has 0 bridgehead atoms. The molecule has 1 aliphatic heterocycles. The molecule has 1 saturated heterocycles. The van der Waals surface area contributed by atoms with Gasteiger partial charge >= 0.3 is 0 Å². The standard InChI is InChI=1S/C11H11ClF3N.C5H2ClFIN.C5H9F2N.ClH/c12-8-5-9(10(13)16-6-8)7-1-3-11(14,15)4-2-7;6-3-1-4(8)5(7)9-2-3;6-5(7)1-3-8-4-2-5;/h5-7H,1-4H2;1-2H;8H,1-4H2;1H. The van der Waals surface area contributed by atoms with Crippen molar-refractivity contribution in [3.63, 3.8) is 0 Å². The van der Waals surface area contributed by atoms with E-state index < -0.39 is 23.7 Å². The summed E-state index contributed by atoms with van der Waals surface area (Å²) in [5, 5.41) is 3.66. The van der Waals surface area contributed by atoms with Gasteiger partial charge in [0.15, 0.2) is 0 Å². The van der Waals surface area contributed by atoms with E-state index in [9.17, 15) is 26.3 Å². The molecule has 13 heteroatoms. The monoisotopic (exact) mass is 663 g/mol. The molecule has 0 aromatic carbocycles. The Bertz CT molecular complexity index is 905. The third kappa shape index (κ3) is 11.0. The maximum absolute atomic E-state index is 13.4. The molecule has 1 saturated carbocycles. The molecule has 0 amide bonds. The van der Waals surface area contributed by atoms with E-state index in [-0.39, 0.29) is 56.8 Å². The summed E-state index contributed by atoms with van der Waals surface area (Å²) in [6.45, 7) is 0.931. The molecular weight excluding hydrogens is 642 g/mol. The third-order valence-corrected chi connectivity index (χ3v) is 6.26. The van der Waals surface area contributed by atoms with Crippen molar-refractivity contribution in [1.29, 1.82) is 0 Å². The first-order valence-corrected chi connectivity index (χ1v) is 12.0. The highest BCUT2D eigenvalue weighted by Gasteiger charge is 2.36. The van der Waals surface area contributed by atoms with Crippen molar-refractivity contribution in [3.8, 4) is 0 Å². The Hall–Kier alpha value is -0.560. The van der Waals surface area contributed by atoms with Gasteiger partial charge in [0.2, 0.25) is 17.8 Å². The number of aromatic nitrogens is 2. The highest BCUT2D eigenvalue weighted by atomic mass is 127. The van der Waals surface area contributed by atoms with Crippen LogP contribution in [0, 0.1) is 15.5 Å². The van der Waals surface area contributed by atoms with Crippen LogP contribution in [0.4, 0.5) is 26.3 Å². The minimum atomic E-state index is -2.60. The van der Waals surface area contributed by atoms with Gasteiger partial charge < -0.3 is 5.32 Å². The number of piperidine rings is 1. The van der Waals surface area contributed by atoms with Crippen molar-refractivity contribution >= 4 is 58.2 Å². The molecule has 1 aliphatic carbocycles. The van der Waals surface area contributed by atoms with Gasteiger partial charge in [-0.25, -0.2) is 27.5 Å². The average molecular weight is 665 g/mol. The number of pyridine rings is 2. The summed E-state index contributed by atoms with van der Waals surface area (Å²) in [7, 11) is 0. The van der Waals surface area contributed by atoms with E-state index >= 15 is 0 Å². The summed E-state index contributed by atoms with van der Waals surface area (Å²) >= 11 is 13.0. The van der Waals surface area contributed by atoms with E-state index in [0.717, 1.165) is 0 Å². The zero-order valence-corrected chi connectivity index (χ0v) is 22.2. The number of hydrogen-bond acceptors (Lipinski definition) is 3. The molecule has 0 atom stereocenters. The van der Waals surface area contributed by atoms with Crippen molar-refractivity contribution < 1.29 is 26.3 Å². The Morgan fingerprint density at radius 3 is 1.74 bits per heavy atom. The van der Waals surface area contributed by atoms with Crippen LogP contribution < -0.4 is 5.32 Å². The third-order valence-electron chi connectivity index (χ3n) is 5.09. The molecule has 2 fully saturated rings. The Morgan fingerprint density at radius 1 is 0.824 bits per heavy atom. The second-order valence-electron chi connectivity index (χ2n) is 7.70. The largest absolute Gasteiger partial charge is 0.316 e. The van der Waals surface area contributed by atoms with Crippen LogP contribution in [0.15, 0.2) is 24.5 Å². The van der Waals surface area contributed by atoms with E-state index in [1.165, 1.54) is 24.5 Å². The first-order valence-electron chi connectivity index (χ1n) is 10.1. The van der Waals surface area contributed by atoms with Crippen LogP contribution in [0.2, 0.25) is 10.0 Å². The molecule has 3 heterocycles. The van der Waals surface area contributed by atoms with Crippen LogP contribution in [0.25, 0.3) is 0 Å². The summed E-state index contributed by atoms with van der Waals surface area (Å²) in [6, 6.07) is 3.00. The molecule has 0 spiro atoms. The predicted molar refractivity (Wildman–Crippen MR) is 132 cm³/mol. The molecule has 192 valence electrons. The summed E-state index contributed by atoms with van der Waals surface area (Å²) in [5.74, 6) is -6.24. The molecule has 4 rings (SSSR count). The van der Waals surface area contributed by atoms with E-state index in [1.807, 2.05) is 22.6 Å². The Labute approximate surface area is 224 Å². The van der Waals surface area contributed by atoms with Crippen molar-refractivity contribution in [3.05, 3.63) is 55.6 Å². The number of nitrogens with zero attached hydrogens (tertiary/aromatic N) is 2. The lowest BCUT2D eigenvalue weighted by Gasteiger charge is -2.28. The smallest absolute Gasteiger partial charge is 0.250 e. The Balaban J connectivity index is 0.000000274. The van der Waals surface area contributed by atoms with Crippen molar-refractivity contribution in [2.75, 3.05) is 13.1 Å². The lowest BCUT2D eigenvalue weighted by Crippen LogP contribution is -2.35. The molecule has 2 aromatic rings. The SMILES string of the molecule is Cl.FC1(F)CCNCC1.Fc1ncc(Cl)cc1C1CCC(F)(F)CC1.Fc1ncc(Cl)cc1I. The summed E-state index contributed by atoms with van der Waals surface area (Å²) in [6.07, 6.45) is 2.70. The molecule has 2 aliphatic rings. The molecule has 2 aromatic heterocycles. The Kier molecular flexibility index (Phi) is 13.2. The number of hydrogen-bond donors (Lipinski definition) is 1. The molecule has 3 nitrogen and oxygen atoms in total. The van der Waals surface area contributed by atoms with Crippen molar-refractivity contribution in [2.45, 2.75) is 56.3 Å². The lowest BCUT2D eigenvalue weighted by atomic mass is 9.83. The molecule has 0 unspecified atom stereocenters. The fraction of sp³-hybridized carbons (Fsp3) is 0.524.